The zero-order chi connectivity index (χ0) is 10.8. The van der Waals surface area contributed by atoms with E-state index in [1.54, 1.807) is 18.4 Å². The van der Waals surface area contributed by atoms with Gasteiger partial charge in [0.15, 0.2) is 3.92 Å². The molecule has 2 nitrogen and oxygen atoms in total. The number of aromatic nitrogens is 1. The number of benzene rings is 1. The van der Waals surface area contributed by atoms with Gasteiger partial charge in [0.05, 0.1) is 12.8 Å². The highest BCUT2D eigenvalue weighted by molar-refractivity contribution is 9.11. The molecule has 0 bridgehead atoms. The van der Waals surface area contributed by atoms with Crippen LogP contribution in [0.5, 0.6) is 5.75 Å². The van der Waals surface area contributed by atoms with Crippen molar-refractivity contribution < 1.29 is 4.74 Å². The van der Waals surface area contributed by atoms with Gasteiger partial charge in [0, 0.05) is 10.9 Å². The van der Waals surface area contributed by atoms with E-state index in [-0.39, 0.29) is 0 Å². The Balaban J connectivity index is 2.42. The first-order valence-electron chi connectivity index (χ1n) is 4.47. The molecule has 15 heavy (non-hydrogen) atoms. The summed E-state index contributed by atoms with van der Waals surface area (Å²) < 4.78 is 6.12. The van der Waals surface area contributed by atoms with Crippen molar-refractivity contribution >= 4 is 27.3 Å². The Labute approximate surface area is 101 Å². The van der Waals surface area contributed by atoms with Crippen molar-refractivity contribution in [2.75, 3.05) is 7.11 Å². The highest BCUT2D eigenvalue weighted by atomic mass is 79.9. The second-order valence-electron chi connectivity index (χ2n) is 3.17. The van der Waals surface area contributed by atoms with Gasteiger partial charge in [-0.3, -0.25) is 0 Å². The zero-order valence-electron chi connectivity index (χ0n) is 8.45. The van der Waals surface area contributed by atoms with Crippen molar-refractivity contribution in [1.82, 2.24) is 4.98 Å². The molecule has 0 fully saturated rings. The van der Waals surface area contributed by atoms with Gasteiger partial charge in [0.2, 0.25) is 0 Å². The minimum atomic E-state index is 0.908. The average Bonchev–Trinajstić information content (AvgIpc) is 2.65. The second-order valence-corrected chi connectivity index (χ2v) is 5.30. The van der Waals surface area contributed by atoms with Crippen LogP contribution in [0.2, 0.25) is 0 Å². The maximum absolute atomic E-state index is 5.21. The molecule has 0 aliphatic heterocycles. The van der Waals surface area contributed by atoms with Gasteiger partial charge in [0.25, 0.3) is 0 Å². The molecule has 0 atom stereocenters. The van der Waals surface area contributed by atoms with Crippen LogP contribution in [0.3, 0.4) is 0 Å². The summed E-state index contributed by atoms with van der Waals surface area (Å²) in [7, 11) is 1.68. The molecule has 4 heteroatoms. The number of ether oxygens (including phenoxy) is 1. The molecule has 0 amide bonds. The molecule has 1 aromatic carbocycles. The van der Waals surface area contributed by atoms with Gasteiger partial charge in [-0.15, -0.1) is 11.3 Å². The van der Waals surface area contributed by atoms with Crippen LogP contribution in [0, 0.1) is 6.92 Å². The van der Waals surface area contributed by atoms with Crippen LogP contribution in [-0.2, 0) is 0 Å². The van der Waals surface area contributed by atoms with Crippen LogP contribution in [-0.4, -0.2) is 12.1 Å². The zero-order valence-corrected chi connectivity index (χ0v) is 10.9. The topological polar surface area (TPSA) is 22.1 Å². The lowest BCUT2D eigenvalue weighted by atomic mass is 10.1. The third-order valence-electron chi connectivity index (χ3n) is 2.17. The van der Waals surface area contributed by atoms with Gasteiger partial charge in [-0.05, 0) is 46.6 Å². The largest absolute Gasteiger partial charge is 0.496 e. The lowest BCUT2D eigenvalue weighted by molar-refractivity contribution is 0.412. The second kappa shape index (κ2) is 4.33. The molecule has 0 aliphatic rings. The van der Waals surface area contributed by atoms with Crippen LogP contribution in [0.1, 0.15) is 5.56 Å². The first kappa shape index (κ1) is 10.6. The van der Waals surface area contributed by atoms with E-state index in [1.807, 2.05) is 24.4 Å². The lowest BCUT2D eigenvalue weighted by Crippen LogP contribution is -1.87. The maximum atomic E-state index is 5.21. The normalized spacial score (nSPS) is 10.3. The maximum Gasteiger partial charge on any atom is 0.159 e. The molecule has 0 saturated heterocycles. The smallest absolute Gasteiger partial charge is 0.159 e. The number of nitrogens with zero attached hydrogens (tertiary/aromatic N) is 1. The van der Waals surface area contributed by atoms with Gasteiger partial charge in [0.1, 0.15) is 5.75 Å². The third kappa shape index (κ3) is 2.21. The van der Waals surface area contributed by atoms with Crippen molar-refractivity contribution in [3.8, 4) is 17.0 Å². The molecule has 0 unspecified atom stereocenters. The number of aryl methyl sites for hydroxylation is 1. The van der Waals surface area contributed by atoms with E-state index in [9.17, 15) is 0 Å². The van der Waals surface area contributed by atoms with Crippen LogP contribution in [0.15, 0.2) is 27.5 Å². The Morgan fingerprint density at radius 1 is 1.40 bits per heavy atom. The van der Waals surface area contributed by atoms with E-state index in [2.05, 4.69) is 27.0 Å². The van der Waals surface area contributed by atoms with E-state index in [0.717, 1.165) is 26.5 Å². The van der Waals surface area contributed by atoms with E-state index in [1.165, 1.54) is 0 Å². The average molecular weight is 284 g/mol. The van der Waals surface area contributed by atoms with Crippen molar-refractivity contribution in [1.29, 1.82) is 0 Å². The quantitative estimate of drug-likeness (QED) is 0.834. The van der Waals surface area contributed by atoms with E-state index in [4.69, 9.17) is 4.74 Å². The fourth-order valence-electron chi connectivity index (χ4n) is 1.42. The van der Waals surface area contributed by atoms with Crippen LogP contribution in [0.4, 0.5) is 0 Å². The summed E-state index contributed by atoms with van der Waals surface area (Å²) in [6, 6.07) is 6.07. The number of rotatable bonds is 2. The SMILES string of the molecule is COc1ccc(-c2csc(Br)n2)cc1C. The van der Waals surface area contributed by atoms with Gasteiger partial charge in [-0.25, -0.2) is 4.98 Å². The molecule has 0 saturated carbocycles. The molecule has 1 heterocycles. The van der Waals surface area contributed by atoms with Crippen molar-refractivity contribution in [2.45, 2.75) is 6.92 Å². The van der Waals surface area contributed by atoms with E-state index < -0.39 is 0 Å². The van der Waals surface area contributed by atoms with E-state index >= 15 is 0 Å². The molecular weight excluding hydrogens is 274 g/mol. The minimum absolute atomic E-state index is 0.908. The molecule has 0 spiro atoms. The molecule has 0 N–H and O–H groups in total. The number of hydrogen-bond acceptors (Lipinski definition) is 3. The van der Waals surface area contributed by atoms with Crippen LogP contribution >= 0.6 is 27.3 Å². The van der Waals surface area contributed by atoms with Crippen LogP contribution in [0.25, 0.3) is 11.3 Å². The standard InChI is InChI=1S/C11H10BrNOS/c1-7-5-8(3-4-10(7)14-2)9-6-15-11(12)13-9/h3-6H,1-2H3. The minimum Gasteiger partial charge on any atom is -0.496 e. The Morgan fingerprint density at radius 2 is 2.20 bits per heavy atom. The van der Waals surface area contributed by atoms with Gasteiger partial charge < -0.3 is 4.74 Å². The van der Waals surface area contributed by atoms with E-state index in [0.29, 0.717) is 0 Å². The molecule has 2 rings (SSSR count). The Kier molecular flexibility index (Phi) is 3.07. The highest BCUT2D eigenvalue weighted by Crippen LogP contribution is 2.28. The first-order chi connectivity index (χ1) is 7.20. The highest BCUT2D eigenvalue weighted by Gasteiger charge is 2.05. The van der Waals surface area contributed by atoms with Gasteiger partial charge in [-0.2, -0.15) is 0 Å². The monoisotopic (exact) mass is 283 g/mol. The summed E-state index contributed by atoms with van der Waals surface area (Å²) in [5.41, 5.74) is 3.24. The number of halogens is 1. The summed E-state index contributed by atoms with van der Waals surface area (Å²) in [6.07, 6.45) is 0. The van der Waals surface area contributed by atoms with Crippen molar-refractivity contribution in [2.24, 2.45) is 0 Å². The summed E-state index contributed by atoms with van der Waals surface area (Å²) in [6.45, 7) is 2.03. The number of hydrogen-bond donors (Lipinski definition) is 0. The fourth-order valence-corrected chi connectivity index (χ4v) is 2.44. The predicted octanol–water partition coefficient (Wildman–Crippen LogP) is 3.89. The van der Waals surface area contributed by atoms with Crippen molar-refractivity contribution in [3.05, 3.63) is 33.1 Å². The van der Waals surface area contributed by atoms with Crippen molar-refractivity contribution in [3.63, 3.8) is 0 Å². The Hall–Kier alpha value is -0.870. The summed E-state index contributed by atoms with van der Waals surface area (Å²) >= 11 is 4.95. The summed E-state index contributed by atoms with van der Waals surface area (Å²) in [5.74, 6) is 0.910. The third-order valence-corrected chi connectivity index (χ3v) is 3.53. The fraction of sp³-hybridized carbons (Fsp3) is 0.182. The Bertz CT molecular complexity index is 481. The van der Waals surface area contributed by atoms with Gasteiger partial charge in [-0.1, -0.05) is 0 Å². The molecule has 0 radical (unpaired) electrons. The predicted molar refractivity (Wildman–Crippen MR) is 66.5 cm³/mol. The molecule has 2 aromatic rings. The van der Waals surface area contributed by atoms with Crippen LogP contribution < -0.4 is 4.74 Å². The summed E-state index contributed by atoms with van der Waals surface area (Å²) in [4.78, 5) is 4.37. The number of thiazole rings is 1. The molecule has 0 aliphatic carbocycles. The Morgan fingerprint density at radius 3 is 2.73 bits per heavy atom. The van der Waals surface area contributed by atoms with Gasteiger partial charge >= 0.3 is 0 Å². The lowest BCUT2D eigenvalue weighted by Gasteiger charge is -2.05. The number of methoxy groups -OCH3 is 1. The molecular formula is C11H10BrNOS. The summed E-state index contributed by atoms with van der Waals surface area (Å²) in [5, 5.41) is 2.03. The molecule has 78 valence electrons. The first-order valence-corrected chi connectivity index (χ1v) is 6.14. The molecule has 1 aromatic heterocycles.